The van der Waals surface area contributed by atoms with Crippen LogP contribution in [0.1, 0.15) is 227 Å². The number of allylic oxidation sites excluding steroid dienone is 1. The number of hydrogen-bond donors (Lipinski definition) is 19. The molecule has 33 nitrogen and oxygen atoms in total. The highest BCUT2D eigenvalue weighted by Gasteiger charge is 2.59. The minimum absolute atomic E-state index is 0.174. The van der Waals surface area contributed by atoms with Crippen molar-refractivity contribution in [3.63, 3.8) is 0 Å². The number of rotatable bonds is 51. The lowest BCUT2D eigenvalue weighted by molar-refractivity contribution is -0.401. The SMILES string of the molecule is CCCCCCCCCCCCC/C=C/[C@@H](O)[C@H](CO[C@@H]1OC(CO)[C@@H](O[C@@H]2OC(CO)[C@H](O)[C@H](O[C@@H]3OC(CO)[C@@H](O[C@@H]4OC(CO)[C@H](O)[C@H](O)C4O[C@H]4OC(C)[C@@H](O)C(O)[C@@H]4O)[C@H](O[C@H]4OC(C)[C@@H](O)C(O)[C@@H]4O)C3NC(C)=O)C2O)[C@H](O)C1O)NC(=O)CCCCCCCCCCCCCCCCCCC. The summed E-state index contributed by atoms with van der Waals surface area (Å²) in [4.78, 5) is 27.0. The van der Waals surface area contributed by atoms with Crippen molar-refractivity contribution in [2.45, 2.75) is 424 Å². The summed E-state index contributed by atoms with van der Waals surface area (Å²) < 4.78 is 72.4. The van der Waals surface area contributed by atoms with E-state index in [0.717, 1.165) is 58.3 Å². The molecule has 0 aromatic carbocycles. The average molecular weight is 1580 g/mol. The van der Waals surface area contributed by atoms with E-state index in [0.29, 0.717) is 12.8 Å². The van der Waals surface area contributed by atoms with Gasteiger partial charge in [-0.05, 0) is 33.1 Å². The molecule has 0 spiro atoms. The molecular weight excluding hydrogens is 1440 g/mol. The van der Waals surface area contributed by atoms with Crippen LogP contribution in [0.15, 0.2) is 12.2 Å². The van der Waals surface area contributed by atoms with E-state index in [4.69, 9.17) is 56.8 Å². The molecule has 6 heterocycles. The van der Waals surface area contributed by atoms with E-state index in [-0.39, 0.29) is 12.3 Å². The molecular formula is C76H138N2O31. The van der Waals surface area contributed by atoms with Crippen molar-refractivity contribution in [2.24, 2.45) is 0 Å². The van der Waals surface area contributed by atoms with E-state index in [1.54, 1.807) is 6.08 Å². The van der Waals surface area contributed by atoms with Gasteiger partial charge < -0.3 is 154 Å². The molecule has 33 heteroatoms. The minimum Gasteiger partial charge on any atom is -0.394 e. The number of nitrogens with one attached hydrogen (secondary N) is 2. The fourth-order valence-electron chi connectivity index (χ4n) is 14.9. The first kappa shape index (κ1) is 95.4. The van der Waals surface area contributed by atoms with E-state index < -0.39 is 235 Å². The molecule has 638 valence electrons. The van der Waals surface area contributed by atoms with Crippen LogP contribution >= 0.6 is 0 Å². The molecule has 6 saturated heterocycles. The fourth-order valence-corrected chi connectivity index (χ4v) is 14.9. The Hall–Kier alpha value is -2.48. The second-order valence-corrected chi connectivity index (χ2v) is 30.6. The molecule has 0 radical (unpaired) electrons. The molecule has 109 heavy (non-hydrogen) atoms. The van der Waals surface area contributed by atoms with Crippen molar-refractivity contribution < 1.29 is 153 Å². The first-order valence-corrected chi connectivity index (χ1v) is 40.7. The normalized spacial score (nSPS) is 38.0. The molecule has 32 atom stereocenters. The van der Waals surface area contributed by atoms with Gasteiger partial charge in [0.2, 0.25) is 11.8 Å². The molecule has 0 aromatic rings. The van der Waals surface area contributed by atoms with Gasteiger partial charge in [0.15, 0.2) is 37.7 Å². The Morgan fingerprint density at radius 3 is 1.24 bits per heavy atom. The van der Waals surface area contributed by atoms with Gasteiger partial charge in [0.25, 0.3) is 0 Å². The zero-order valence-electron chi connectivity index (χ0n) is 64.7. The van der Waals surface area contributed by atoms with Crippen molar-refractivity contribution in [3.05, 3.63) is 12.2 Å². The molecule has 6 aliphatic heterocycles. The average Bonchev–Trinajstić information content (AvgIpc) is 0.759. The monoisotopic (exact) mass is 1570 g/mol. The number of aliphatic hydroxyl groups is 17. The summed E-state index contributed by atoms with van der Waals surface area (Å²) >= 11 is 0. The van der Waals surface area contributed by atoms with Crippen molar-refractivity contribution in [3.8, 4) is 0 Å². The highest BCUT2D eigenvalue weighted by atomic mass is 16.8. The Morgan fingerprint density at radius 2 is 0.752 bits per heavy atom. The molecule has 12 unspecified atom stereocenters. The molecule has 6 aliphatic rings. The van der Waals surface area contributed by atoms with Gasteiger partial charge in [0.1, 0.15) is 134 Å². The summed E-state index contributed by atoms with van der Waals surface area (Å²) in [5.41, 5.74) is 0. The number of unbranched alkanes of at least 4 members (excludes halogenated alkanes) is 27. The fraction of sp³-hybridized carbons (Fsp3) is 0.947. The summed E-state index contributed by atoms with van der Waals surface area (Å²) in [5.74, 6) is -1.23. The predicted molar refractivity (Wildman–Crippen MR) is 389 cm³/mol. The molecule has 2 amide bonds. The summed E-state index contributed by atoms with van der Waals surface area (Å²) in [6.07, 6.45) is -18.6. The van der Waals surface area contributed by atoms with E-state index in [2.05, 4.69) is 24.5 Å². The van der Waals surface area contributed by atoms with Crippen molar-refractivity contribution >= 4 is 11.8 Å². The quantitative estimate of drug-likeness (QED) is 0.0287. The molecule has 0 aliphatic carbocycles. The third kappa shape index (κ3) is 29.3. The molecule has 0 saturated carbocycles. The van der Waals surface area contributed by atoms with Crippen LogP contribution in [0.25, 0.3) is 0 Å². The van der Waals surface area contributed by atoms with Gasteiger partial charge in [-0.15, -0.1) is 0 Å². The van der Waals surface area contributed by atoms with Gasteiger partial charge in [0.05, 0.1) is 57.4 Å². The van der Waals surface area contributed by atoms with Gasteiger partial charge in [-0.1, -0.05) is 193 Å². The van der Waals surface area contributed by atoms with Crippen molar-refractivity contribution in [1.82, 2.24) is 10.6 Å². The van der Waals surface area contributed by atoms with Crippen LogP contribution < -0.4 is 10.6 Å². The number of ether oxygens (including phenoxy) is 12. The number of carbonyl (C=O) groups is 2. The first-order chi connectivity index (χ1) is 52.3. The number of hydrogen-bond acceptors (Lipinski definition) is 31. The molecule has 6 rings (SSSR count). The van der Waals surface area contributed by atoms with Crippen LogP contribution in [0.3, 0.4) is 0 Å². The lowest BCUT2D eigenvalue weighted by atomic mass is 9.93. The Labute approximate surface area is 642 Å². The Morgan fingerprint density at radius 1 is 0.376 bits per heavy atom. The van der Waals surface area contributed by atoms with E-state index in [1.807, 2.05) is 6.08 Å². The molecule has 0 bridgehead atoms. The summed E-state index contributed by atoms with van der Waals surface area (Å²) in [6, 6.07) is -2.95. The smallest absolute Gasteiger partial charge is 0.220 e. The zero-order chi connectivity index (χ0) is 79.7. The number of amides is 2. The lowest BCUT2D eigenvalue weighted by Gasteiger charge is -2.52. The van der Waals surface area contributed by atoms with Gasteiger partial charge in [-0.25, -0.2) is 0 Å². The topological polar surface area (TPSA) is 513 Å². The van der Waals surface area contributed by atoms with Crippen molar-refractivity contribution in [2.75, 3.05) is 33.0 Å². The highest BCUT2D eigenvalue weighted by Crippen LogP contribution is 2.39. The second kappa shape index (κ2) is 50.9. The maximum Gasteiger partial charge on any atom is 0.220 e. The van der Waals surface area contributed by atoms with Gasteiger partial charge in [0, 0.05) is 13.3 Å². The standard InChI is InChI=1S/C76H138N2O31/c1-6-8-10-12-14-16-18-20-21-22-23-25-27-29-31-33-35-37-52(85)78-46(47(84)36-34-32-30-28-26-24-19-17-15-13-11-9-7-2)42-98-72-64(96)61(93)66(50(40-81)104-72)105-75-65(97)69(57(89)49(39-80)101-75)108-71-53(77-45(5)83)68(107-73-62(94)58(90)54(86)43(3)99-73)67(51(41-82)103-71)106-76-70(60(92)56(88)48(38-79)102-76)109-74-63(95)59(91)55(87)44(4)100-74/h34,36,43-44,46-51,53-76,79-82,84,86-97H,6-33,35,37-42H2,1-5H3,(H,77,83)(H,78,85)/b36-34+/t43?,44?,46-,47+,48?,49?,50?,51?,53?,54+,55+,56-,57-,58?,59?,60-,61+,62-,63-,64?,65?,66+,67+,68+,69-,70?,71-,72+,73+,74+,75-,76-/m0/s1. The third-order valence-electron chi connectivity index (χ3n) is 21.7. The number of carbonyl (C=O) groups excluding carboxylic acids is 2. The Balaban J connectivity index is 1.14. The van der Waals surface area contributed by atoms with Crippen LogP contribution in [0.5, 0.6) is 0 Å². The molecule has 19 N–H and O–H groups in total. The van der Waals surface area contributed by atoms with E-state index in [9.17, 15) is 96.4 Å². The largest absolute Gasteiger partial charge is 0.394 e. The summed E-state index contributed by atoms with van der Waals surface area (Å²) in [7, 11) is 0. The summed E-state index contributed by atoms with van der Waals surface area (Å²) in [5, 5.41) is 195. The van der Waals surface area contributed by atoms with Gasteiger partial charge in [-0.2, -0.15) is 0 Å². The van der Waals surface area contributed by atoms with Crippen LogP contribution in [-0.2, 0) is 66.4 Å². The Bertz CT molecular complexity index is 2470. The maximum absolute atomic E-state index is 13.6. The zero-order valence-corrected chi connectivity index (χ0v) is 64.7. The van der Waals surface area contributed by atoms with E-state index in [1.165, 1.54) is 136 Å². The van der Waals surface area contributed by atoms with Gasteiger partial charge >= 0.3 is 0 Å². The summed E-state index contributed by atoms with van der Waals surface area (Å²) in [6.45, 7) is 3.58. The maximum atomic E-state index is 13.6. The second-order valence-electron chi connectivity index (χ2n) is 30.6. The van der Waals surface area contributed by atoms with E-state index >= 15 is 0 Å². The van der Waals surface area contributed by atoms with Crippen molar-refractivity contribution in [1.29, 1.82) is 0 Å². The lowest BCUT2D eigenvalue weighted by Crippen LogP contribution is -2.71. The Kier molecular flexibility index (Phi) is 44.5. The van der Waals surface area contributed by atoms with Crippen LogP contribution in [0.2, 0.25) is 0 Å². The highest BCUT2D eigenvalue weighted by molar-refractivity contribution is 5.76. The number of aliphatic hydroxyl groups excluding tert-OH is 17. The third-order valence-corrected chi connectivity index (χ3v) is 21.7. The molecule has 0 aromatic heterocycles. The van der Waals surface area contributed by atoms with Gasteiger partial charge in [-0.3, -0.25) is 9.59 Å². The minimum atomic E-state index is -2.24. The van der Waals surface area contributed by atoms with Crippen LogP contribution in [0.4, 0.5) is 0 Å². The van der Waals surface area contributed by atoms with Crippen LogP contribution in [-0.4, -0.2) is 328 Å². The molecule has 6 fully saturated rings. The van der Waals surface area contributed by atoms with Crippen LogP contribution in [0, 0.1) is 0 Å². The first-order valence-electron chi connectivity index (χ1n) is 40.7. The predicted octanol–water partition coefficient (Wildman–Crippen LogP) is 0.268.